The smallest absolute Gasteiger partial charge is 0.224 e. The molecule has 1 heterocycles. The van der Waals surface area contributed by atoms with Gasteiger partial charge in [-0.05, 0) is 27.2 Å². The van der Waals surface area contributed by atoms with Crippen LogP contribution in [0.5, 0.6) is 0 Å². The fourth-order valence-corrected chi connectivity index (χ4v) is 2.88. The number of methoxy groups -OCH3 is 1. The molecule has 0 saturated heterocycles. The molecule has 1 fully saturated rings. The molecule has 0 bridgehead atoms. The quantitative estimate of drug-likeness (QED) is 0.918. The molecule has 0 radical (unpaired) electrons. The highest BCUT2D eigenvalue weighted by atomic mass is 16.5. The van der Waals surface area contributed by atoms with Gasteiger partial charge in [0.15, 0.2) is 0 Å². The van der Waals surface area contributed by atoms with Crippen LogP contribution in [0.1, 0.15) is 44.2 Å². The lowest BCUT2D eigenvalue weighted by atomic mass is 9.56. The molecule has 0 unspecified atom stereocenters. The molecular weight excluding hydrogens is 256 g/mol. The highest BCUT2D eigenvalue weighted by Crippen LogP contribution is 2.51. The van der Waals surface area contributed by atoms with E-state index in [2.05, 4.69) is 31.2 Å². The van der Waals surface area contributed by atoms with E-state index in [9.17, 15) is 4.79 Å². The molecule has 5 heteroatoms. The average molecular weight is 280 g/mol. The maximum absolute atomic E-state index is 12.2. The summed E-state index contributed by atoms with van der Waals surface area (Å²) in [6, 6.07) is 0.139. The standard InChI is InChI=1S/C15H24N2O3/c1-9-11(10(2)20-17-9)7-13(18)16-12-8-15(5,19-6)14(12,3)4/h12H,7-8H2,1-6H3,(H,16,18)/t12-,15-/m1/s1. The van der Waals surface area contributed by atoms with Gasteiger partial charge in [0.1, 0.15) is 5.76 Å². The van der Waals surface area contributed by atoms with Gasteiger partial charge in [0.2, 0.25) is 5.91 Å². The van der Waals surface area contributed by atoms with Crippen LogP contribution in [0.4, 0.5) is 0 Å². The van der Waals surface area contributed by atoms with Gasteiger partial charge >= 0.3 is 0 Å². The van der Waals surface area contributed by atoms with Crippen LogP contribution < -0.4 is 5.32 Å². The Bertz CT molecular complexity index is 502. The largest absolute Gasteiger partial charge is 0.378 e. The van der Waals surface area contributed by atoms with E-state index < -0.39 is 0 Å². The van der Waals surface area contributed by atoms with E-state index in [0.29, 0.717) is 12.2 Å². The van der Waals surface area contributed by atoms with Gasteiger partial charge < -0.3 is 14.6 Å². The van der Waals surface area contributed by atoms with Crippen LogP contribution in [0.25, 0.3) is 0 Å². The van der Waals surface area contributed by atoms with Crippen molar-refractivity contribution in [1.82, 2.24) is 10.5 Å². The molecule has 1 aliphatic rings. The Morgan fingerprint density at radius 1 is 1.45 bits per heavy atom. The zero-order chi connectivity index (χ0) is 15.1. The van der Waals surface area contributed by atoms with E-state index in [-0.39, 0.29) is 23.0 Å². The van der Waals surface area contributed by atoms with Crippen molar-refractivity contribution in [2.24, 2.45) is 5.41 Å². The number of aryl methyl sites for hydroxylation is 2. The first-order chi connectivity index (χ1) is 9.21. The Morgan fingerprint density at radius 2 is 2.10 bits per heavy atom. The lowest BCUT2D eigenvalue weighted by molar-refractivity contribution is -0.182. The van der Waals surface area contributed by atoms with Crippen LogP contribution in [0.15, 0.2) is 4.52 Å². The molecule has 2 atom stereocenters. The number of nitrogens with zero attached hydrogens (tertiary/aromatic N) is 1. The molecule has 0 aliphatic heterocycles. The number of amides is 1. The lowest BCUT2D eigenvalue weighted by Gasteiger charge is -2.59. The van der Waals surface area contributed by atoms with Crippen molar-refractivity contribution in [3.63, 3.8) is 0 Å². The Labute approximate surface area is 120 Å². The monoisotopic (exact) mass is 280 g/mol. The summed E-state index contributed by atoms with van der Waals surface area (Å²) in [6.07, 6.45) is 1.15. The maximum atomic E-state index is 12.2. The van der Waals surface area contributed by atoms with Gasteiger partial charge in [-0.3, -0.25) is 4.79 Å². The molecule has 20 heavy (non-hydrogen) atoms. The minimum Gasteiger partial charge on any atom is -0.378 e. The highest BCUT2D eigenvalue weighted by Gasteiger charge is 2.58. The molecule has 0 aromatic carbocycles. The first-order valence-corrected chi connectivity index (χ1v) is 6.97. The minimum atomic E-state index is -0.173. The summed E-state index contributed by atoms with van der Waals surface area (Å²) in [7, 11) is 1.73. The van der Waals surface area contributed by atoms with Gasteiger partial charge in [0.25, 0.3) is 0 Å². The van der Waals surface area contributed by atoms with Crippen molar-refractivity contribution in [3.05, 3.63) is 17.0 Å². The molecule has 1 amide bonds. The molecular formula is C15H24N2O3. The van der Waals surface area contributed by atoms with E-state index in [1.165, 1.54) is 0 Å². The molecule has 0 spiro atoms. The topological polar surface area (TPSA) is 64.4 Å². The van der Waals surface area contributed by atoms with Crippen LogP contribution in [-0.4, -0.2) is 29.8 Å². The maximum Gasteiger partial charge on any atom is 0.224 e. The summed E-state index contributed by atoms with van der Waals surface area (Å²) in [5.74, 6) is 0.725. The Kier molecular flexibility index (Phi) is 3.67. The SMILES string of the molecule is CO[C@]1(C)C[C@@H](NC(=O)Cc2c(C)noc2C)C1(C)C. The van der Waals surface area contributed by atoms with Crippen LogP contribution in [0, 0.1) is 19.3 Å². The lowest BCUT2D eigenvalue weighted by Crippen LogP contribution is -2.68. The second-order valence-electron chi connectivity index (χ2n) is 6.46. The van der Waals surface area contributed by atoms with E-state index in [1.807, 2.05) is 13.8 Å². The van der Waals surface area contributed by atoms with E-state index >= 15 is 0 Å². The summed E-state index contributed by atoms with van der Waals surface area (Å²) in [4.78, 5) is 12.2. The summed E-state index contributed by atoms with van der Waals surface area (Å²) in [5.41, 5.74) is 1.42. The number of carbonyl (C=O) groups excluding carboxylic acids is 1. The number of rotatable bonds is 4. The molecule has 1 N–H and O–H groups in total. The Balaban J connectivity index is 1.98. The predicted molar refractivity (Wildman–Crippen MR) is 75.4 cm³/mol. The average Bonchev–Trinajstić information content (AvgIpc) is 2.69. The van der Waals surface area contributed by atoms with E-state index in [1.54, 1.807) is 7.11 Å². The molecule has 1 saturated carbocycles. The summed E-state index contributed by atoms with van der Waals surface area (Å²) >= 11 is 0. The Morgan fingerprint density at radius 3 is 2.55 bits per heavy atom. The fourth-order valence-electron chi connectivity index (χ4n) is 2.88. The molecule has 2 rings (SSSR count). The predicted octanol–water partition coefficient (Wildman–Crippen LogP) is 2.15. The number of nitrogens with one attached hydrogen (secondary N) is 1. The zero-order valence-electron chi connectivity index (χ0n) is 13.2. The van der Waals surface area contributed by atoms with Crippen LogP contribution >= 0.6 is 0 Å². The second kappa shape index (κ2) is 4.88. The number of ether oxygens (including phenoxy) is 1. The minimum absolute atomic E-state index is 0.00984. The first kappa shape index (κ1) is 15.0. The van der Waals surface area contributed by atoms with E-state index in [4.69, 9.17) is 9.26 Å². The van der Waals surface area contributed by atoms with Crippen molar-refractivity contribution < 1.29 is 14.1 Å². The number of carbonyl (C=O) groups is 1. The van der Waals surface area contributed by atoms with Crippen molar-refractivity contribution in [3.8, 4) is 0 Å². The third-order valence-electron chi connectivity index (χ3n) is 5.13. The number of hydrogen-bond donors (Lipinski definition) is 1. The van der Waals surface area contributed by atoms with E-state index in [0.717, 1.165) is 17.7 Å². The van der Waals surface area contributed by atoms with Gasteiger partial charge in [0, 0.05) is 24.1 Å². The van der Waals surface area contributed by atoms with Gasteiger partial charge in [0.05, 0.1) is 17.7 Å². The third-order valence-corrected chi connectivity index (χ3v) is 5.13. The van der Waals surface area contributed by atoms with Crippen molar-refractivity contribution in [2.75, 3.05) is 7.11 Å². The van der Waals surface area contributed by atoms with Gasteiger partial charge in [-0.25, -0.2) is 0 Å². The van der Waals surface area contributed by atoms with Gasteiger partial charge in [-0.2, -0.15) is 0 Å². The van der Waals surface area contributed by atoms with Crippen LogP contribution in [-0.2, 0) is 16.0 Å². The second-order valence-corrected chi connectivity index (χ2v) is 6.46. The summed E-state index contributed by atoms with van der Waals surface area (Å²) in [6.45, 7) is 10.0. The number of aromatic nitrogens is 1. The molecule has 1 aliphatic carbocycles. The van der Waals surface area contributed by atoms with Crippen molar-refractivity contribution >= 4 is 5.91 Å². The highest BCUT2D eigenvalue weighted by molar-refractivity contribution is 5.79. The fraction of sp³-hybridized carbons (Fsp3) is 0.733. The third kappa shape index (κ3) is 2.24. The molecule has 112 valence electrons. The molecule has 5 nitrogen and oxygen atoms in total. The number of hydrogen-bond acceptors (Lipinski definition) is 4. The van der Waals surface area contributed by atoms with Gasteiger partial charge in [-0.15, -0.1) is 0 Å². The van der Waals surface area contributed by atoms with Crippen molar-refractivity contribution in [1.29, 1.82) is 0 Å². The molecule has 1 aromatic heterocycles. The van der Waals surface area contributed by atoms with Crippen LogP contribution in [0.2, 0.25) is 0 Å². The van der Waals surface area contributed by atoms with Crippen LogP contribution in [0.3, 0.4) is 0 Å². The first-order valence-electron chi connectivity index (χ1n) is 6.97. The zero-order valence-corrected chi connectivity index (χ0v) is 13.2. The van der Waals surface area contributed by atoms with Crippen molar-refractivity contribution in [2.45, 2.75) is 59.1 Å². The molecule has 1 aromatic rings. The Hall–Kier alpha value is -1.36. The normalized spacial score (nSPS) is 28.0. The summed E-state index contributed by atoms with van der Waals surface area (Å²) < 4.78 is 10.7. The van der Waals surface area contributed by atoms with Gasteiger partial charge in [-0.1, -0.05) is 19.0 Å². The summed E-state index contributed by atoms with van der Waals surface area (Å²) in [5, 5.41) is 6.97.